The highest BCUT2D eigenvalue weighted by Crippen LogP contribution is 2.22. The largest absolute Gasteiger partial charge is 0.347 e. The van der Waals surface area contributed by atoms with Gasteiger partial charge in [-0.3, -0.25) is 14.5 Å². The molecule has 3 N–H and O–H groups in total. The van der Waals surface area contributed by atoms with Crippen LogP contribution >= 0.6 is 11.3 Å². The van der Waals surface area contributed by atoms with Gasteiger partial charge < -0.3 is 16.0 Å². The van der Waals surface area contributed by atoms with Gasteiger partial charge in [-0.15, -0.1) is 11.3 Å². The summed E-state index contributed by atoms with van der Waals surface area (Å²) in [4.78, 5) is 41.7. The topological polar surface area (TPSA) is 103 Å². The highest BCUT2D eigenvalue weighted by molar-refractivity contribution is 7.14. The maximum Gasteiger partial charge on any atom is 0.323 e. The predicted octanol–water partition coefficient (Wildman–Crippen LogP) is 1.59. The first-order valence-electron chi connectivity index (χ1n) is 8.56. The first kappa shape index (κ1) is 18.8. The smallest absolute Gasteiger partial charge is 0.323 e. The highest BCUT2D eigenvalue weighted by Gasteiger charge is 2.24. The number of nitrogens with one attached hydrogen (secondary N) is 3. The quantitative estimate of drug-likeness (QED) is 0.700. The number of hydrogen-bond donors (Lipinski definition) is 3. The van der Waals surface area contributed by atoms with Crippen molar-refractivity contribution in [3.8, 4) is 0 Å². The van der Waals surface area contributed by atoms with E-state index in [0.29, 0.717) is 23.9 Å². The second-order valence-electron chi connectivity index (χ2n) is 6.27. The number of anilines is 2. The fourth-order valence-electron chi connectivity index (χ4n) is 2.76. The molecule has 0 aliphatic carbocycles. The van der Waals surface area contributed by atoms with Crippen LogP contribution in [-0.4, -0.2) is 42.5 Å². The van der Waals surface area contributed by atoms with Gasteiger partial charge in [0.05, 0.1) is 18.7 Å². The molecule has 0 unspecified atom stereocenters. The number of carbonyl (C=O) groups is 3. The van der Waals surface area contributed by atoms with Crippen LogP contribution in [0.3, 0.4) is 0 Å². The van der Waals surface area contributed by atoms with Crippen molar-refractivity contribution in [2.24, 2.45) is 0 Å². The summed E-state index contributed by atoms with van der Waals surface area (Å²) < 4.78 is 0. The van der Waals surface area contributed by atoms with Crippen LogP contribution in [0, 0.1) is 13.8 Å². The minimum Gasteiger partial charge on any atom is -0.347 e. The molecule has 0 atom stereocenters. The molecule has 2 aromatic rings. The minimum atomic E-state index is -0.297. The van der Waals surface area contributed by atoms with E-state index in [-0.39, 0.29) is 30.8 Å². The predicted molar refractivity (Wildman–Crippen MR) is 104 cm³/mol. The molecular weight excluding hydrogens is 366 g/mol. The van der Waals surface area contributed by atoms with E-state index < -0.39 is 0 Å². The summed E-state index contributed by atoms with van der Waals surface area (Å²) in [5.41, 5.74) is 3.28. The van der Waals surface area contributed by atoms with Gasteiger partial charge in [0.1, 0.15) is 0 Å². The number of amides is 4. The molecule has 142 valence electrons. The maximum atomic E-state index is 12.1. The Labute approximate surface area is 161 Å². The van der Waals surface area contributed by atoms with Gasteiger partial charge in [0.25, 0.3) is 0 Å². The standard InChI is InChI=1S/C18H21N5O3S/c1-11-4-3-5-12(2)16(11)22-15(25)9-20-14(24)8-13-10-27-18(21-13)23-7-6-19-17(23)26/h3-5,10H,6-9H2,1-2H3,(H,19,26)(H,20,24)(H,22,25). The van der Waals surface area contributed by atoms with Crippen molar-refractivity contribution in [2.75, 3.05) is 29.9 Å². The molecule has 2 heterocycles. The summed E-state index contributed by atoms with van der Waals surface area (Å²) in [7, 11) is 0. The summed E-state index contributed by atoms with van der Waals surface area (Å²) in [6.07, 6.45) is 0.0582. The first-order chi connectivity index (χ1) is 12.9. The summed E-state index contributed by atoms with van der Waals surface area (Å²) in [6.45, 7) is 4.88. The van der Waals surface area contributed by atoms with Crippen molar-refractivity contribution in [1.29, 1.82) is 0 Å². The Morgan fingerprint density at radius 3 is 2.67 bits per heavy atom. The molecule has 8 nitrogen and oxygen atoms in total. The average molecular weight is 387 g/mol. The summed E-state index contributed by atoms with van der Waals surface area (Å²) >= 11 is 1.32. The van der Waals surface area contributed by atoms with Gasteiger partial charge in [-0.25, -0.2) is 9.78 Å². The lowest BCUT2D eigenvalue weighted by Crippen LogP contribution is -2.34. The zero-order valence-corrected chi connectivity index (χ0v) is 16.0. The Kier molecular flexibility index (Phi) is 5.70. The van der Waals surface area contributed by atoms with E-state index in [1.165, 1.54) is 11.3 Å². The third kappa shape index (κ3) is 4.62. The summed E-state index contributed by atoms with van der Waals surface area (Å²) in [5.74, 6) is -0.581. The Balaban J connectivity index is 1.49. The summed E-state index contributed by atoms with van der Waals surface area (Å²) in [6, 6.07) is 5.59. The number of aryl methyl sites for hydroxylation is 2. The number of thiazole rings is 1. The van der Waals surface area contributed by atoms with E-state index in [0.717, 1.165) is 16.8 Å². The van der Waals surface area contributed by atoms with E-state index >= 15 is 0 Å². The van der Waals surface area contributed by atoms with Crippen molar-refractivity contribution >= 4 is 40.0 Å². The number of rotatable bonds is 6. The molecule has 0 spiro atoms. The number of urea groups is 1. The molecule has 1 aliphatic heterocycles. The van der Waals surface area contributed by atoms with E-state index in [4.69, 9.17) is 0 Å². The van der Waals surface area contributed by atoms with Gasteiger partial charge in [-0.1, -0.05) is 18.2 Å². The molecule has 1 aromatic heterocycles. The fourth-order valence-corrected chi connectivity index (χ4v) is 3.61. The molecule has 0 bridgehead atoms. The van der Waals surface area contributed by atoms with Crippen molar-refractivity contribution in [1.82, 2.24) is 15.6 Å². The molecule has 1 aliphatic rings. The second-order valence-corrected chi connectivity index (χ2v) is 7.11. The highest BCUT2D eigenvalue weighted by atomic mass is 32.1. The number of carbonyl (C=O) groups excluding carboxylic acids is 3. The molecule has 9 heteroatoms. The monoisotopic (exact) mass is 387 g/mol. The van der Waals surface area contributed by atoms with Gasteiger partial charge in [-0.2, -0.15) is 0 Å². The molecule has 0 radical (unpaired) electrons. The maximum absolute atomic E-state index is 12.1. The van der Waals surface area contributed by atoms with Gasteiger partial charge in [0, 0.05) is 24.2 Å². The SMILES string of the molecule is Cc1cccc(C)c1NC(=O)CNC(=O)Cc1csc(N2CCNC2=O)n1. The number of benzene rings is 1. The summed E-state index contributed by atoms with van der Waals surface area (Å²) in [5, 5.41) is 10.4. The molecule has 1 saturated heterocycles. The average Bonchev–Trinajstić information content (AvgIpc) is 3.25. The van der Waals surface area contributed by atoms with E-state index in [9.17, 15) is 14.4 Å². The zero-order chi connectivity index (χ0) is 19.4. The van der Waals surface area contributed by atoms with E-state index in [1.54, 1.807) is 10.3 Å². The number of aromatic nitrogens is 1. The van der Waals surface area contributed by atoms with Gasteiger partial charge >= 0.3 is 6.03 Å². The lowest BCUT2D eigenvalue weighted by molar-refractivity contribution is -0.123. The van der Waals surface area contributed by atoms with Crippen molar-refractivity contribution in [2.45, 2.75) is 20.3 Å². The van der Waals surface area contributed by atoms with Crippen molar-refractivity contribution < 1.29 is 14.4 Å². The van der Waals surface area contributed by atoms with Crippen LogP contribution in [0.15, 0.2) is 23.6 Å². The number of hydrogen-bond acceptors (Lipinski definition) is 5. The lowest BCUT2D eigenvalue weighted by Gasteiger charge is -2.11. The normalized spacial score (nSPS) is 13.4. The number of nitrogens with zero attached hydrogens (tertiary/aromatic N) is 2. The molecule has 3 rings (SSSR count). The third-order valence-corrected chi connectivity index (χ3v) is 5.07. The first-order valence-corrected chi connectivity index (χ1v) is 9.44. The molecule has 1 fully saturated rings. The lowest BCUT2D eigenvalue weighted by atomic mass is 10.1. The third-order valence-electron chi connectivity index (χ3n) is 4.16. The molecular formula is C18H21N5O3S. The van der Waals surface area contributed by atoms with Crippen molar-refractivity contribution in [3.63, 3.8) is 0 Å². The minimum absolute atomic E-state index is 0.0582. The molecule has 27 heavy (non-hydrogen) atoms. The van der Waals surface area contributed by atoms with E-state index in [1.807, 2.05) is 32.0 Å². The van der Waals surface area contributed by atoms with Crippen LogP contribution in [0.4, 0.5) is 15.6 Å². The van der Waals surface area contributed by atoms with Gasteiger partial charge in [0.15, 0.2) is 5.13 Å². The second kappa shape index (κ2) is 8.17. The zero-order valence-electron chi connectivity index (χ0n) is 15.2. The Hall–Kier alpha value is -2.94. The van der Waals surface area contributed by atoms with Gasteiger partial charge in [-0.05, 0) is 25.0 Å². The molecule has 1 aromatic carbocycles. The Bertz CT molecular complexity index is 859. The Morgan fingerprint density at radius 2 is 2.00 bits per heavy atom. The Morgan fingerprint density at radius 1 is 1.26 bits per heavy atom. The van der Waals surface area contributed by atoms with Crippen LogP contribution in [0.1, 0.15) is 16.8 Å². The van der Waals surface area contributed by atoms with Crippen LogP contribution in [-0.2, 0) is 16.0 Å². The molecule has 4 amide bonds. The molecule has 0 saturated carbocycles. The van der Waals surface area contributed by atoms with Crippen LogP contribution in [0.5, 0.6) is 0 Å². The fraction of sp³-hybridized carbons (Fsp3) is 0.333. The van der Waals surface area contributed by atoms with Crippen LogP contribution < -0.4 is 20.9 Å². The van der Waals surface area contributed by atoms with Crippen LogP contribution in [0.2, 0.25) is 0 Å². The van der Waals surface area contributed by atoms with E-state index in [2.05, 4.69) is 20.9 Å². The van der Waals surface area contributed by atoms with Crippen LogP contribution in [0.25, 0.3) is 0 Å². The number of para-hydroxylation sites is 1. The van der Waals surface area contributed by atoms with Gasteiger partial charge in [0.2, 0.25) is 11.8 Å². The van der Waals surface area contributed by atoms with Crippen molar-refractivity contribution in [3.05, 3.63) is 40.4 Å².